The van der Waals surface area contributed by atoms with E-state index in [1.54, 1.807) is 11.1 Å². The Balaban J connectivity index is 1.36. The van der Waals surface area contributed by atoms with Gasteiger partial charge in [-0.1, -0.05) is 0 Å². The van der Waals surface area contributed by atoms with Gasteiger partial charge in [0.2, 0.25) is 0 Å². The molecule has 0 unspecified atom stereocenters. The molecule has 176 valence electrons. The maximum Gasteiger partial charge on any atom is 0.410 e. The third-order valence-electron chi connectivity index (χ3n) is 5.89. The van der Waals surface area contributed by atoms with E-state index >= 15 is 0 Å². The molecule has 8 nitrogen and oxygen atoms in total. The van der Waals surface area contributed by atoms with Crippen molar-refractivity contribution in [3.63, 3.8) is 0 Å². The highest BCUT2D eigenvalue weighted by Crippen LogP contribution is 2.41. The van der Waals surface area contributed by atoms with Crippen LogP contribution in [-0.4, -0.2) is 57.2 Å². The highest BCUT2D eigenvalue weighted by atomic mass is 19.2. The lowest BCUT2D eigenvalue weighted by atomic mass is 10.2. The summed E-state index contributed by atoms with van der Waals surface area (Å²) in [6.45, 7) is 7.95. The first-order valence-corrected chi connectivity index (χ1v) is 11.2. The molecule has 3 heterocycles. The lowest BCUT2D eigenvalue weighted by Gasteiger charge is -2.38. The van der Waals surface area contributed by atoms with Crippen LogP contribution in [0.3, 0.4) is 0 Å². The number of halogens is 2. The third-order valence-corrected chi connectivity index (χ3v) is 5.89. The summed E-state index contributed by atoms with van der Waals surface area (Å²) < 4.78 is 35.2. The molecule has 1 aromatic heterocycles. The number of rotatable bonds is 3. The van der Waals surface area contributed by atoms with Crippen molar-refractivity contribution < 1.29 is 18.3 Å². The Morgan fingerprint density at radius 3 is 2.48 bits per heavy atom. The zero-order valence-electron chi connectivity index (χ0n) is 19.0. The fraction of sp³-hybridized carbons (Fsp3) is 0.478. The van der Waals surface area contributed by atoms with Gasteiger partial charge in [0.1, 0.15) is 17.2 Å². The fourth-order valence-electron chi connectivity index (χ4n) is 4.17. The van der Waals surface area contributed by atoms with Crippen molar-refractivity contribution in [3.05, 3.63) is 47.7 Å². The first-order chi connectivity index (χ1) is 15.7. The molecule has 0 spiro atoms. The molecule has 5 rings (SSSR count). The molecule has 1 amide bonds. The number of nitrogens with one attached hydrogen (secondary N) is 2. The van der Waals surface area contributed by atoms with Crippen molar-refractivity contribution >= 4 is 22.7 Å². The van der Waals surface area contributed by atoms with Gasteiger partial charge in [0.05, 0.1) is 11.0 Å². The number of hydrogen-bond acceptors (Lipinski definition) is 6. The van der Waals surface area contributed by atoms with Crippen LogP contribution in [0.15, 0.2) is 30.2 Å². The molecule has 3 aliphatic rings. The van der Waals surface area contributed by atoms with Crippen molar-refractivity contribution in [1.29, 1.82) is 0 Å². The topological polar surface area (TPSA) is 74.7 Å². The van der Waals surface area contributed by atoms with Crippen LogP contribution in [0.5, 0.6) is 0 Å². The smallest absolute Gasteiger partial charge is 0.410 e. The minimum atomic E-state index is -0.897. The van der Waals surface area contributed by atoms with E-state index in [2.05, 4.69) is 20.7 Å². The molecule has 2 N–H and O–H groups in total. The molecule has 2 fully saturated rings. The number of allylic oxidation sites excluding steroid dienone is 2. The second kappa shape index (κ2) is 7.93. The van der Waals surface area contributed by atoms with Gasteiger partial charge in [0.15, 0.2) is 11.6 Å². The number of benzene rings is 1. The van der Waals surface area contributed by atoms with Crippen molar-refractivity contribution in [2.45, 2.75) is 45.3 Å². The minimum absolute atomic E-state index is 0.236. The van der Waals surface area contributed by atoms with Crippen LogP contribution in [0.4, 0.5) is 13.6 Å². The average molecular weight is 459 g/mol. The van der Waals surface area contributed by atoms with Crippen LogP contribution in [0, 0.1) is 11.6 Å². The monoisotopic (exact) mass is 458 g/mol. The number of fused-ring (bicyclic) bond motifs is 1. The summed E-state index contributed by atoms with van der Waals surface area (Å²) in [4.78, 5) is 20.8. The van der Waals surface area contributed by atoms with E-state index in [9.17, 15) is 13.6 Å². The maximum absolute atomic E-state index is 13.9. The van der Waals surface area contributed by atoms with Gasteiger partial charge < -0.3 is 24.5 Å². The number of ether oxygens (including phenoxy) is 1. The largest absolute Gasteiger partial charge is 0.444 e. The number of carbonyl (C=O) groups is 1. The van der Waals surface area contributed by atoms with Crippen molar-refractivity contribution in [2.24, 2.45) is 0 Å². The summed E-state index contributed by atoms with van der Waals surface area (Å²) in [5.74, 6) is -0.238. The van der Waals surface area contributed by atoms with Crippen LogP contribution in [0.25, 0.3) is 16.6 Å². The van der Waals surface area contributed by atoms with Crippen LogP contribution in [-0.2, 0) is 4.74 Å². The lowest BCUT2D eigenvalue weighted by Crippen LogP contribution is -2.52. The molecule has 10 heteroatoms. The van der Waals surface area contributed by atoms with Gasteiger partial charge in [-0.15, -0.1) is 0 Å². The van der Waals surface area contributed by atoms with Crippen LogP contribution < -0.4 is 10.9 Å². The molecular weight excluding hydrogens is 430 g/mol. The van der Waals surface area contributed by atoms with Gasteiger partial charge in [-0.25, -0.2) is 18.6 Å². The number of nitrogens with zero attached hydrogens (tertiary/aromatic N) is 4. The van der Waals surface area contributed by atoms with Gasteiger partial charge in [-0.2, -0.15) is 0 Å². The van der Waals surface area contributed by atoms with E-state index in [1.165, 1.54) is 6.07 Å². The number of imidazole rings is 1. The average Bonchev–Trinajstić information content (AvgIpc) is 3.54. The Labute approximate surface area is 190 Å². The molecule has 1 aliphatic carbocycles. The molecule has 2 aliphatic heterocycles. The van der Waals surface area contributed by atoms with E-state index in [1.807, 2.05) is 31.4 Å². The summed E-state index contributed by atoms with van der Waals surface area (Å²) in [7, 11) is 0. The predicted octanol–water partition coefficient (Wildman–Crippen LogP) is 3.49. The molecule has 0 bridgehead atoms. The van der Waals surface area contributed by atoms with Crippen LogP contribution >= 0.6 is 0 Å². The summed E-state index contributed by atoms with van der Waals surface area (Å²) in [5, 5.41) is 0. The number of amides is 1. The number of carbonyl (C=O) groups excluding carboxylic acids is 1. The van der Waals surface area contributed by atoms with Gasteiger partial charge in [-0.3, -0.25) is 5.43 Å². The zero-order valence-corrected chi connectivity index (χ0v) is 19.0. The van der Waals surface area contributed by atoms with Gasteiger partial charge in [0, 0.05) is 56.1 Å². The highest BCUT2D eigenvalue weighted by Gasteiger charge is 2.31. The van der Waals surface area contributed by atoms with Gasteiger partial charge in [-0.05, 0) is 39.7 Å². The maximum atomic E-state index is 13.9. The zero-order chi connectivity index (χ0) is 23.3. The van der Waals surface area contributed by atoms with Gasteiger partial charge >= 0.3 is 6.09 Å². The number of piperazine rings is 1. The molecule has 0 radical (unpaired) electrons. The van der Waals surface area contributed by atoms with Crippen molar-refractivity contribution in [2.75, 3.05) is 26.2 Å². The molecule has 33 heavy (non-hydrogen) atoms. The predicted molar refractivity (Wildman–Crippen MR) is 120 cm³/mol. The summed E-state index contributed by atoms with van der Waals surface area (Å²) in [6, 6.07) is 2.62. The second-order valence-corrected chi connectivity index (χ2v) is 9.64. The Morgan fingerprint density at radius 2 is 1.82 bits per heavy atom. The Hall–Kier alpha value is -3.30. The van der Waals surface area contributed by atoms with Crippen molar-refractivity contribution in [3.8, 4) is 0 Å². The summed E-state index contributed by atoms with van der Waals surface area (Å²) in [6.07, 6.45) is 5.45. The van der Waals surface area contributed by atoms with E-state index in [0.717, 1.165) is 30.3 Å². The number of aromatic nitrogens is 2. The van der Waals surface area contributed by atoms with Gasteiger partial charge in [0.25, 0.3) is 0 Å². The molecule has 1 saturated heterocycles. The molecule has 2 aromatic rings. The van der Waals surface area contributed by atoms with E-state index in [4.69, 9.17) is 4.74 Å². The lowest BCUT2D eigenvalue weighted by molar-refractivity contribution is 0.0163. The SMILES string of the molecule is CC(C)(C)OC(=O)N1CCN(C2=CC(c3nc4cc(F)c(F)cc4n3C3CC3)=CNN2)CC1. The van der Waals surface area contributed by atoms with E-state index in [-0.39, 0.29) is 12.1 Å². The number of hydrazine groups is 1. The standard InChI is InChI=1S/C23H28F2N6O2/c1-23(2,3)33-22(32)30-8-6-29(7-9-30)20-10-14(13-26-28-20)21-27-18-11-16(24)17(25)12-19(18)31(21)15-4-5-15/h10-13,15,26,28H,4-9H2,1-3H3. The third kappa shape index (κ3) is 4.34. The van der Waals surface area contributed by atoms with Crippen LogP contribution in [0.2, 0.25) is 0 Å². The Kier molecular flexibility index (Phi) is 5.18. The fourth-order valence-corrected chi connectivity index (χ4v) is 4.17. The molecule has 1 aromatic carbocycles. The molecular formula is C23H28F2N6O2. The molecule has 1 saturated carbocycles. The Bertz CT molecular complexity index is 1150. The minimum Gasteiger partial charge on any atom is -0.444 e. The van der Waals surface area contributed by atoms with Crippen molar-refractivity contribution in [1.82, 2.24) is 30.2 Å². The first kappa shape index (κ1) is 21.5. The normalized spacial score (nSPS) is 19.1. The number of hydrogen-bond donors (Lipinski definition) is 2. The van der Waals surface area contributed by atoms with E-state index in [0.29, 0.717) is 43.0 Å². The van der Waals surface area contributed by atoms with E-state index < -0.39 is 17.2 Å². The second-order valence-electron chi connectivity index (χ2n) is 9.64. The summed E-state index contributed by atoms with van der Waals surface area (Å²) >= 11 is 0. The quantitative estimate of drug-likeness (QED) is 0.734. The highest BCUT2D eigenvalue weighted by molar-refractivity contribution is 5.83. The Morgan fingerprint density at radius 1 is 1.12 bits per heavy atom. The summed E-state index contributed by atoms with van der Waals surface area (Å²) in [5.41, 5.74) is 7.57. The first-order valence-electron chi connectivity index (χ1n) is 11.2. The molecule has 0 atom stereocenters. The van der Waals surface area contributed by atoms with Crippen LogP contribution in [0.1, 0.15) is 45.5 Å².